The van der Waals surface area contributed by atoms with Gasteiger partial charge in [-0.25, -0.2) is 0 Å². The summed E-state index contributed by atoms with van der Waals surface area (Å²) in [5.74, 6) is 1.77. The summed E-state index contributed by atoms with van der Waals surface area (Å²) >= 11 is 3.77. The molecule has 0 N–H and O–H groups in total. The largest absolute Gasteiger partial charge is 0.453 e. The molecule has 220 valence electrons. The minimum absolute atomic E-state index is 0.0511. The Kier molecular flexibility index (Phi) is 5.27. The summed E-state index contributed by atoms with van der Waals surface area (Å²) < 4.78 is 6.64. The van der Waals surface area contributed by atoms with Crippen LogP contribution in [0, 0.1) is 6.92 Å². The summed E-state index contributed by atoms with van der Waals surface area (Å²) in [6.45, 7) is 2.19. The molecule has 0 aromatic heterocycles. The highest BCUT2D eigenvalue weighted by Gasteiger charge is 2.48. The summed E-state index contributed by atoms with van der Waals surface area (Å²) in [5.41, 5.74) is 12.3. The molecule has 0 atom stereocenters. The molecule has 0 spiro atoms. The van der Waals surface area contributed by atoms with Crippen LogP contribution in [0.3, 0.4) is 0 Å². The van der Waals surface area contributed by atoms with Gasteiger partial charge in [0.1, 0.15) is 0 Å². The van der Waals surface area contributed by atoms with E-state index in [0.29, 0.717) is 0 Å². The minimum Gasteiger partial charge on any atom is -0.453 e. The lowest BCUT2D eigenvalue weighted by Crippen LogP contribution is -2.62. The van der Waals surface area contributed by atoms with Crippen LogP contribution in [-0.2, 0) is 0 Å². The molecule has 0 fully saturated rings. The molecule has 7 aromatic rings. The molecule has 4 aliphatic rings. The fourth-order valence-electron chi connectivity index (χ4n) is 8.03. The van der Waals surface area contributed by atoms with Gasteiger partial charge in [0, 0.05) is 42.2 Å². The van der Waals surface area contributed by atoms with Crippen LogP contribution in [0.5, 0.6) is 11.5 Å². The number of anilines is 5. The Balaban J connectivity index is 1.30. The highest BCUT2D eigenvalue weighted by atomic mass is 32.2. The second-order valence-electron chi connectivity index (χ2n) is 12.5. The molecule has 0 unspecified atom stereocenters. The first-order chi connectivity index (χ1) is 23.2. The van der Waals surface area contributed by atoms with Gasteiger partial charge in [0.05, 0.1) is 11.4 Å². The topological polar surface area (TPSA) is 15.7 Å². The molecule has 4 aliphatic heterocycles. The summed E-state index contributed by atoms with van der Waals surface area (Å²) in [6, 6.07) is 48.9. The highest BCUT2D eigenvalue weighted by Crippen LogP contribution is 2.57. The van der Waals surface area contributed by atoms with E-state index in [0.717, 1.165) is 22.9 Å². The maximum atomic E-state index is 6.64. The van der Waals surface area contributed by atoms with Crippen LogP contribution in [0.25, 0.3) is 21.9 Å². The second-order valence-corrected chi connectivity index (χ2v) is 14.7. The van der Waals surface area contributed by atoms with Gasteiger partial charge in [-0.1, -0.05) is 102 Å². The van der Waals surface area contributed by atoms with E-state index in [1.54, 1.807) is 0 Å². The van der Waals surface area contributed by atoms with E-state index >= 15 is 0 Å². The van der Waals surface area contributed by atoms with E-state index in [1.165, 1.54) is 75.0 Å². The van der Waals surface area contributed by atoms with Crippen LogP contribution in [0.2, 0.25) is 0 Å². The predicted molar refractivity (Wildman–Crippen MR) is 197 cm³/mol. The smallest absolute Gasteiger partial charge is 0.333 e. The number of hydrogen-bond acceptors (Lipinski definition) is 5. The Labute approximate surface area is 281 Å². The number of para-hydroxylation sites is 4. The highest BCUT2D eigenvalue weighted by molar-refractivity contribution is 8.05. The van der Waals surface area contributed by atoms with Crippen molar-refractivity contribution < 1.29 is 4.74 Å². The molecule has 0 amide bonds. The fourth-order valence-corrected chi connectivity index (χ4v) is 10.3. The van der Waals surface area contributed by atoms with Gasteiger partial charge in [0.25, 0.3) is 0 Å². The van der Waals surface area contributed by atoms with Gasteiger partial charge in [0.2, 0.25) is 0 Å². The number of hydrogen-bond donors (Lipinski definition) is 0. The zero-order valence-electron chi connectivity index (χ0n) is 25.4. The van der Waals surface area contributed by atoms with Crippen molar-refractivity contribution in [2.75, 3.05) is 9.71 Å². The lowest BCUT2D eigenvalue weighted by Gasteiger charge is -2.48. The lowest BCUT2D eigenvalue weighted by molar-refractivity contribution is 0.477. The van der Waals surface area contributed by atoms with Crippen molar-refractivity contribution >= 4 is 80.5 Å². The zero-order valence-corrected chi connectivity index (χ0v) is 27.0. The molecule has 7 aromatic carbocycles. The van der Waals surface area contributed by atoms with Crippen molar-refractivity contribution in [2.45, 2.75) is 26.5 Å². The maximum Gasteiger partial charge on any atom is 0.333 e. The van der Waals surface area contributed by atoms with Crippen molar-refractivity contribution in [3.63, 3.8) is 0 Å². The van der Waals surface area contributed by atoms with E-state index < -0.39 is 0 Å². The number of aryl methyl sites for hydroxylation is 1. The molecule has 0 aliphatic carbocycles. The molecular weight excluding hydrogens is 611 g/mol. The number of fused-ring (bicyclic) bond motifs is 10. The number of nitrogens with zero attached hydrogens (tertiary/aromatic N) is 2. The van der Waals surface area contributed by atoms with Crippen LogP contribution in [0.15, 0.2) is 153 Å². The Morgan fingerprint density at radius 2 is 1.28 bits per heavy atom. The first kappa shape index (κ1) is 26.1. The first-order valence-electron chi connectivity index (χ1n) is 16.0. The van der Waals surface area contributed by atoms with Gasteiger partial charge in [0.15, 0.2) is 11.5 Å². The summed E-state index contributed by atoms with van der Waals surface area (Å²) in [6.07, 6.45) is 0. The van der Waals surface area contributed by atoms with Crippen LogP contribution in [-0.4, -0.2) is 6.85 Å². The monoisotopic (exact) mass is 636 g/mol. The van der Waals surface area contributed by atoms with E-state index in [4.69, 9.17) is 4.74 Å². The summed E-state index contributed by atoms with van der Waals surface area (Å²) in [5, 5.41) is 2.53. The van der Waals surface area contributed by atoms with Crippen molar-refractivity contribution in [1.29, 1.82) is 0 Å². The van der Waals surface area contributed by atoms with Crippen LogP contribution in [0.4, 0.5) is 28.4 Å². The van der Waals surface area contributed by atoms with Gasteiger partial charge >= 0.3 is 6.85 Å². The fraction of sp³-hybridized carbons (Fsp3) is 0.0244. The van der Waals surface area contributed by atoms with Crippen molar-refractivity contribution in [1.82, 2.24) is 0 Å². The Morgan fingerprint density at radius 1 is 0.574 bits per heavy atom. The molecule has 4 heterocycles. The van der Waals surface area contributed by atoms with E-state index in [1.807, 2.05) is 23.5 Å². The normalized spacial score (nSPS) is 14.4. The Bertz CT molecular complexity index is 2510. The molecule has 47 heavy (non-hydrogen) atoms. The van der Waals surface area contributed by atoms with Crippen LogP contribution in [0.1, 0.15) is 5.56 Å². The third kappa shape index (κ3) is 3.52. The Morgan fingerprint density at radius 3 is 2.13 bits per heavy atom. The molecule has 0 bridgehead atoms. The van der Waals surface area contributed by atoms with E-state index in [-0.39, 0.29) is 6.85 Å². The number of rotatable bonds is 1. The molecule has 6 heteroatoms. The predicted octanol–water partition coefficient (Wildman–Crippen LogP) is 10.6. The first-order valence-corrected chi connectivity index (χ1v) is 17.6. The molecule has 11 rings (SSSR count). The maximum absolute atomic E-state index is 6.64. The minimum atomic E-state index is -0.0511. The second kappa shape index (κ2) is 9.51. The van der Waals surface area contributed by atoms with Crippen LogP contribution < -0.4 is 25.4 Å². The molecule has 0 radical (unpaired) electrons. The molecule has 0 saturated heterocycles. The zero-order chi connectivity index (χ0) is 30.8. The van der Waals surface area contributed by atoms with Gasteiger partial charge in [-0.15, -0.1) is 0 Å². The number of ether oxygens (including phenoxy) is 1. The third-order valence-electron chi connectivity index (χ3n) is 9.97. The molecular formula is C41H25BN2OS2. The lowest BCUT2D eigenvalue weighted by atomic mass is 9.43. The van der Waals surface area contributed by atoms with E-state index in [2.05, 4.69) is 150 Å². The average Bonchev–Trinajstić information content (AvgIpc) is 3.11. The molecule has 0 saturated carbocycles. The standard InChI is InChI=1S/C41H25BN2OS2/c1-24-11-2-5-15-29(24)44-31-23-38-37(46-35-19-8-9-20-36(35)47-38)22-27(31)39-26-13-4-3-12-25(26)21-32-40(39)42(44)28-14-10-18-34-41(28)43(32)30-16-6-7-17-33(30)45-34/h2-23H,1H3. The summed E-state index contributed by atoms with van der Waals surface area (Å²) in [7, 11) is 0. The van der Waals surface area contributed by atoms with Gasteiger partial charge in [-0.3, -0.25) is 0 Å². The SMILES string of the molecule is Cc1ccccc1N1B2c3cccc4c3N(c3ccccc3O4)c3cc4ccccc4c(c32)-c2cc3c(cc21)Sc1ccccc1S3. The van der Waals surface area contributed by atoms with Gasteiger partial charge < -0.3 is 14.4 Å². The summed E-state index contributed by atoms with van der Waals surface area (Å²) in [4.78, 5) is 10.3. The van der Waals surface area contributed by atoms with Crippen molar-refractivity contribution in [2.24, 2.45) is 0 Å². The third-order valence-corrected chi connectivity index (χ3v) is 12.5. The van der Waals surface area contributed by atoms with E-state index in [9.17, 15) is 0 Å². The van der Waals surface area contributed by atoms with Gasteiger partial charge in [-0.2, -0.15) is 0 Å². The Hall–Kier alpha value is -5.04. The van der Waals surface area contributed by atoms with Crippen LogP contribution >= 0.6 is 23.5 Å². The number of benzene rings is 7. The van der Waals surface area contributed by atoms with Gasteiger partial charge in [-0.05, 0) is 94.3 Å². The average molecular weight is 637 g/mol. The van der Waals surface area contributed by atoms with Crippen molar-refractivity contribution in [3.05, 3.63) is 139 Å². The molecule has 3 nitrogen and oxygen atoms in total. The quantitative estimate of drug-likeness (QED) is 0.166. The van der Waals surface area contributed by atoms with Crippen molar-refractivity contribution in [3.8, 4) is 22.6 Å².